The van der Waals surface area contributed by atoms with E-state index in [-0.39, 0.29) is 5.41 Å². The minimum atomic E-state index is 0.0386. The third-order valence-electron chi connectivity index (χ3n) is 4.12. The smallest absolute Gasteiger partial charge is 0.180 e. The molecular formula is C15H17ClN2S. The minimum Gasteiger partial charge on any atom is -0.375 e. The van der Waals surface area contributed by atoms with E-state index < -0.39 is 0 Å². The van der Waals surface area contributed by atoms with Gasteiger partial charge in [0.1, 0.15) is 0 Å². The Balaban J connectivity index is 2.08. The van der Waals surface area contributed by atoms with Crippen LogP contribution >= 0.6 is 22.9 Å². The Morgan fingerprint density at radius 1 is 1.11 bits per heavy atom. The van der Waals surface area contributed by atoms with E-state index in [0.29, 0.717) is 5.13 Å². The van der Waals surface area contributed by atoms with Crippen LogP contribution in [0.25, 0.3) is 0 Å². The predicted octanol–water partition coefficient (Wildman–Crippen LogP) is 4.63. The van der Waals surface area contributed by atoms with Crippen molar-refractivity contribution in [3.8, 4) is 0 Å². The van der Waals surface area contributed by atoms with Gasteiger partial charge in [-0.2, -0.15) is 0 Å². The van der Waals surface area contributed by atoms with Gasteiger partial charge in [0.15, 0.2) is 5.13 Å². The molecule has 0 saturated heterocycles. The van der Waals surface area contributed by atoms with Gasteiger partial charge >= 0.3 is 0 Å². The number of benzene rings is 1. The first-order valence-electron chi connectivity index (χ1n) is 6.68. The van der Waals surface area contributed by atoms with Gasteiger partial charge in [-0.05, 0) is 30.5 Å². The van der Waals surface area contributed by atoms with Crippen molar-refractivity contribution in [3.05, 3.63) is 45.9 Å². The molecule has 4 heteroatoms. The van der Waals surface area contributed by atoms with Crippen LogP contribution in [0.5, 0.6) is 0 Å². The maximum Gasteiger partial charge on any atom is 0.180 e. The number of nitrogens with two attached hydrogens (primary N) is 1. The van der Waals surface area contributed by atoms with E-state index in [1.165, 1.54) is 36.2 Å². The van der Waals surface area contributed by atoms with E-state index in [9.17, 15) is 0 Å². The minimum absolute atomic E-state index is 0.0386. The fraction of sp³-hybridized carbons (Fsp3) is 0.400. The first-order chi connectivity index (χ1) is 9.21. The molecule has 1 aliphatic carbocycles. The molecule has 1 aromatic heterocycles. The third-order valence-corrected chi connectivity index (χ3v) is 5.04. The molecule has 0 aliphatic heterocycles. The van der Waals surface area contributed by atoms with Crippen LogP contribution in [0.1, 0.15) is 43.4 Å². The summed E-state index contributed by atoms with van der Waals surface area (Å²) in [6.45, 7) is 0. The lowest BCUT2D eigenvalue weighted by Crippen LogP contribution is -2.30. The molecule has 1 aromatic carbocycles. The summed E-state index contributed by atoms with van der Waals surface area (Å²) >= 11 is 7.55. The van der Waals surface area contributed by atoms with Gasteiger partial charge in [-0.25, -0.2) is 4.98 Å². The van der Waals surface area contributed by atoms with Crippen molar-refractivity contribution in [1.82, 2.24) is 4.98 Å². The molecule has 19 heavy (non-hydrogen) atoms. The summed E-state index contributed by atoms with van der Waals surface area (Å²) in [5.41, 5.74) is 8.33. The number of rotatable bonds is 2. The van der Waals surface area contributed by atoms with Gasteiger partial charge in [0, 0.05) is 15.8 Å². The molecular weight excluding hydrogens is 276 g/mol. The molecule has 1 fully saturated rings. The van der Waals surface area contributed by atoms with E-state index in [1.54, 1.807) is 0 Å². The second kappa shape index (κ2) is 5.14. The molecule has 0 unspecified atom stereocenters. The lowest BCUT2D eigenvalue weighted by Gasteiger charge is -2.36. The molecule has 0 radical (unpaired) electrons. The monoisotopic (exact) mass is 292 g/mol. The first-order valence-corrected chi connectivity index (χ1v) is 7.94. The van der Waals surface area contributed by atoms with Crippen molar-refractivity contribution in [1.29, 1.82) is 0 Å². The maximum atomic E-state index is 6.01. The van der Waals surface area contributed by atoms with Crippen LogP contribution in [0.3, 0.4) is 0 Å². The van der Waals surface area contributed by atoms with E-state index in [1.807, 2.05) is 12.1 Å². The van der Waals surface area contributed by atoms with Crippen molar-refractivity contribution >= 4 is 28.1 Å². The van der Waals surface area contributed by atoms with Crippen molar-refractivity contribution in [2.45, 2.75) is 37.5 Å². The molecule has 1 heterocycles. The second-order valence-corrected chi connectivity index (χ2v) is 6.55. The Morgan fingerprint density at radius 3 is 2.37 bits per heavy atom. The highest BCUT2D eigenvalue weighted by Crippen LogP contribution is 2.45. The summed E-state index contributed by atoms with van der Waals surface area (Å²) in [6.07, 6.45) is 6.12. The zero-order chi connectivity index (χ0) is 13.3. The van der Waals surface area contributed by atoms with Gasteiger partial charge in [-0.3, -0.25) is 0 Å². The fourth-order valence-corrected chi connectivity index (χ4v) is 3.91. The number of thiazole rings is 1. The first kappa shape index (κ1) is 12.9. The zero-order valence-corrected chi connectivity index (χ0v) is 12.3. The lowest BCUT2D eigenvalue weighted by atomic mass is 9.68. The quantitative estimate of drug-likeness (QED) is 0.876. The molecule has 0 spiro atoms. The molecule has 100 valence electrons. The van der Waals surface area contributed by atoms with E-state index in [2.05, 4.69) is 22.5 Å². The lowest BCUT2D eigenvalue weighted by molar-refractivity contribution is 0.340. The van der Waals surface area contributed by atoms with Crippen LogP contribution in [-0.4, -0.2) is 4.98 Å². The highest BCUT2D eigenvalue weighted by atomic mass is 35.5. The summed E-state index contributed by atoms with van der Waals surface area (Å²) in [5, 5.41) is 3.57. The summed E-state index contributed by atoms with van der Waals surface area (Å²) in [7, 11) is 0. The van der Waals surface area contributed by atoms with Crippen molar-refractivity contribution in [3.63, 3.8) is 0 Å². The normalized spacial score (nSPS) is 18.4. The average molecular weight is 293 g/mol. The highest BCUT2D eigenvalue weighted by Gasteiger charge is 2.37. The molecule has 0 bridgehead atoms. The van der Waals surface area contributed by atoms with Crippen molar-refractivity contribution in [2.24, 2.45) is 0 Å². The number of hydrogen-bond donors (Lipinski definition) is 1. The highest BCUT2D eigenvalue weighted by molar-refractivity contribution is 7.13. The van der Waals surface area contributed by atoms with Crippen LogP contribution in [0, 0.1) is 0 Å². The SMILES string of the molecule is Nc1nc(C2(c3ccc(Cl)cc3)CCCCC2)cs1. The Labute approximate surface area is 122 Å². The van der Waals surface area contributed by atoms with E-state index >= 15 is 0 Å². The summed E-state index contributed by atoms with van der Waals surface area (Å²) in [5.74, 6) is 0. The Kier molecular flexibility index (Phi) is 3.50. The van der Waals surface area contributed by atoms with Gasteiger partial charge in [-0.1, -0.05) is 43.0 Å². The molecule has 0 atom stereocenters. The van der Waals surface area contributed by atoms with Gasteiger partial charge < -0.3 is 5.73 Å². The molecule has 1 saturated carbocycles. The Morgan fingerprint density at radius 2 is 1.79 bits per heavy atom. The van der Waals surface area contributed by atoms with Crippen LogP contribution in [-0.2, 0) is 5.41 Å². The number of anilines is 1. The van der Waals surface area contributed by atoms with Gasteiger partial charge in [0.25, 0.3) is 0 Å². The second-order valence-electron chi connectivity index (χ2n) is 5.22. The molecule has 0 amide bonds. The fourth-order valence-electron chi connectivity index (χ4n) is 3.12. The van der Waals surface area contributed by atoms with Gasteiger partial charge in [0.2, 0.25) is 0 Å². The third kappa shape index (κ3) is 2.37. The Bertz CT molecular complexity index is 556. The van der Waals surface area contributed by atoms with Gasteiger partial charge in [-0.15, -0.1) is 11.3 Å². The molecule has 2 N–H and O–H groups in total. The average Bonchev–Trinajstić information content (AvgIpc) is 2.87. The number of nitrogens with zero attached hydrogens (tertiary/aromatic N) is 1. The maximum absolute atomic E-state index is 6.01. The number of halogens is 1. The number of hydrogen-bond acceptors (Lipinski definition) is 3. The van der Waals surface area contributed by atoms with E-state index in [0.717, 1.165) is 23.6 Å². The summed E-state index contributed by atoms with van der Waals surface area (Å²) in [4.78, 5) is 4.57. The predicted molar refractivity (Wildman–Crippen MR) is 81.8 cm³/mol. The van der Waals surface area contributed by atoms with Crippen molar-refractivity contribution < 1.29 is 0 Å². The van der Waals surface area contributed by atoms with Crippen LogP contribution in [0.15, 0.2) is 29.6 Å². The Hall–Kier alpha value is -1.06. The molecule has 1 aliphatic rings. The number of aromatic nitrogens is 1. The summed E-state index contributed by atoms with van der Waals surface area (Å²) < 4.78 is 0. The molecule has 2 aromatic rings. The number of nitrogen functional groups attached to an aromatic ring is 1. The van der Waals surface area contributed by atoms with Gasteiger partial charge in [0.05, 0.1) is 5.69 Å². The van der Waals surface area contributed by atoms with Crippen molar-refractivity contribution in [2.75, 3.05) is 5.73 Å². The van der Waals surface area contributed by atoms with Crippen LogP contribution in [0.4, 0.5) is 5.13 Å². The van der Waals surface area contributed by atoms with E-state index in [4.69, 9.17) is 17.3 Å². The summed E-state index contributed by atoms with van der Waals surface area (Å²) in [6, 6.07) is 8.23. The van der Waals surface area contributed by atoms with Crippen LogP contribution in [0.2, 0.25) is 5.02 Å². The van der Waals surface area contributed by atoms with Crippen LogP contribution < -0.4 is 5.73 Å². The largest absolute Gasteiger partial charge is 0.375 e. The standard InChI is InChI=1S/C15H17ClN2S/c16-12-6-4-11(5-7-12)15(8-2-1-3-9-15)13-10-19-14(17)18-13/h4-7,10H,1-3,8-9H2,(H2,17,18). The topological polar surface area (TPSA) is 38.9 Å². The molecule has 3 rings (SSSR count). The molecule has 2 nitrogen and oxygen atoms in total. The zero-order valence-electron chi connectivity index (χ0n) is 10.7.